The second-order valence-electron chi connectivity index (χ2n) is 4.10. The third kappa shape index (κ3) is 3.09. The molecule has 0 saturated carbocycles. The van der Waals surface area contributed by atoms with E-state index in [1.54, 1.807) is 11.3 Å². The van der Waals surface area contributed by atoms with Crippen molar-refractivity contribution >= 4 is 11.3 Å². The Bertz CT molecular complexity index is 524. The highest BCUT2D eigenvalue weighted by Gasteiger charge is 2.05. The van der Waals surface area contributed by atoms with Crippen molar-refractivity contribution in [1.82, 2.24) is 5.32 Å². The molecule has 4 heteroatoms. The fourth-order valence-electron chi connectivity index (χ4n) is 1.84. The van der Waals surface area contributed by atoms with Crippen LogP contribution in [0.2, 0.25) is 0 Å². The molecule has 0 fully saturated rings. The van der Waals surface area contributed by atoms with Gasteiger partial charge in [0.25, 0.3) is 0 Å². The Morgan fingerprint density at radius 1 is 1.22 bits per heavy atom. The zero-order valence-electron chi connectivity index (χ0n) is 10.2. The SMILES string of the molecule is CCc1ccsc1CNCc1cc(F)ccc1O. The van der Waals surface area contributed by atoms with E-state index < -0.39 is 0 Å². The number of phenolic OH excluding ortho intramolecular Hbond substituents is 1. The lowest BCUT2D eigenvalue weighted by atomic mass is 10.2. The monoisotopic (exact) mass is 265 g/mol. The smallest absolute Gasteiger partial charge is 0.123 e. The summed E-state index contributed by atoms with van der Waals surface area (Å²) in [5, 5.41) is 14.9. The number of hydrogen-bond donors (Lipinski definition) is 2. The number of rotatable bonds is 5. The Morgan fingerprint density at radius 3 is 2.83 bits per heavy atom. The summed E-state index contributed by atoms with van der Waals surface area (Å²) in [6, 6.07) is 6.13. The van der Waals surface area contributed by atoms with Gasteiger partial charge in [0.05, 0.1) is 0 Å². The molecule has 0 bridgehead atoms. The molecule has 0 unspecified atom stereocenters. The number of aryl methyl sites for hydroxylation is 1. The maximum Gasteiger partial charge on any atom is 0.123 e. The molecule has 1 aromatic carbocycles. The van der Waals surface area contributed by atoms with Crippen LogP contribution >= 0.6 is 11.3 Å². The van der Waals surface area contributed by atoms with Gasteiger partial charge in [-0.05, 0) is 41.6 Å². The van der Waals surface area contributed by atoms with Gasteiger partial charge in [-0.3, -0.25) is 0 Å². The number of phenols is 1. The third-order valence-electron chi connectivity index (χ3n) is 2.86. The molecule has 2 nitrogen and oxygen atoms in total. The second-order valence-corrected chi connectivity index (χ2v) is 5.10. The van der Waals surface area contributed by atoms with Gasteiger partial charge in [-0.25, -0.2) is 4.39 Å². The zero-order chi connectivity index (χ0) is 13.0. The number of thiophene rings is 1. The van der Waals surface area contributed by atoms with Crippen molar-refractivity contribution in [2.45, 2.75) is 26.4 Å². The number of nitrogens with one attached hydrogen (secondary N) is 1. The van der Waals surface area contributed by atoms with Crippen LogP contribution in [0.15, 0.2) is 29.6 Å². The molecule has 96 valence electrons. The molecule has 1 heterocycles. The summed E-state index contributed by atoms with van der Waals surface area (Å²) in [7, 11) is 0. The van der Waals surface area contributed by atoms with Crippen LogP contribution < -0.4 is 5.32 Å². The average molecular weight is 265 g/mol. The maximum atomic E-state index is 13.0. The highest BCUT2D eigenvalue weighted by atomic mass is 32.1. The lowest BCUT2D eigenvalue weighted by Crippen LogP contribution is -2.13. The van der Waals surface area contributed by atoms with Crippen molar-refractivity contribution in [2.24, 2.45) is 0 Å². The summed E-state index contributed by atoms with van der Waals surface area (Å²) in [5.41, 5.74) is 1.93. The van der Waals surface area contributed by atoms with E-state index in [2.05, 4.69) is 23.7 Å². The fourth-order valence-corrected chi connectivity index (χ4v) is 2.79. The van der Waals surface area contributed by atoms with Crippen molar-refractivity contribution in [1.29, 1.82) is 0 Å². The molecule has 2 rings (SSSR count). The summed E-state index contributed by atoms with van der Waals surface area (Å²) in [6.07, 6.45) is 1.02. The first-order valence-corrected chi connectivity index (χ1v) is 6.82. The van der Waals surface area contributed by atoms with E-state index in [-0.39, 0.29) is 11.6 Å². The van der Waals surface area contributed by atoms with Gasteiger partial charge in [0.2, 0.25) is 0 Å². The van der Waals surface area contributed by atoms with Crippen LogP contribution in [0.5, 0.6) is 5.75 Å². The predicted octanol–water partition coefficient (Wildman–Crippen LogP) is 3.45. The van der Waals surface area contributed by atoms with E-state index in [1.807, 2.05) is 0 Å². The van der Waals surface area contributed by atoms with E-state index >= 15 is 0 Å². The highest BCUT2D eigenvalue weighted by Crippen LogP contribution is 2.19. The van der Waals surface area contributed by atoms with Gasteiger partial charge in [-0.2, -0.15) is 0 Å². The Balaban J connectivity index is 1.94. The molecular formula is C14H16FNOS. The molecule has 0 aliphatic heterocycles. The summed E-state index contributed by atoms with van der Waals surface area (Å²) in [4.78, 5) is 1.30. The van der Waals surface area contributed by atoms with E-state index in [9.17, 15) is 9.50 Å². The molecule has 0 radical (unpaired) electrons. The summed E-state index contributed by atoms with van der Waals surface area (Å²) < 4.78 is 13.0. The van der Waals surface area contributed by atoms with Crippen LogP contribution in [-0.4, -0.2) is 5.11 Å². The molecule has 2 N–H and O–H groups in total. The van der Waals surface area contributed by atoms with Gasteiger partial charge in [0, 0.05) is 23.5 Å². The number of aromatic hydroxyl groups is 1. The van der Waals surface area contributed by atoms with E-state index in [1.165, 1.54) is 28.6 Å². The minimum Gasteiger partial charge on any atom is -0.508 e. The van der Waals surface area contributed by atoms with Crippen LogP contribution in [0.1, 0.15) is 22.9 Å². The van der Waals surface area contributed by atoms with E-state index in [0.29, 0.717) is 12.1 Å². The molecule has 18 heavy (non-hydrogen) atoms. The quantitative estimate of drug-likeness (QED) is 0.868. The van der Waals surface area contributed by atoms with E-state index in [4.69, 9.17) is 0 Å². The molecule has 2 aromatic rings. The van der Waals surface area contributed by atoms with Crippen molar-refractivity contribution in [3.63, 3.8) is 0 Å². The van der Waals surface area contributed by atoms with Crippen LogP contribution in [-0.2, 0) is 19.5 Å². The minimum absolute atomic E-state index is 0.130. The molecule has 0 aliphatic rings. The van der Waals surface area contributed by atoms with Crippen molar-refractivity contribution in [3.8, 4) is 5.75 Å². The van der Waals surface area contributed by atoms with Crippen LogP contribution in [0.25, 0.3) is 0 Å². The lowest BCUT2D eigenvalue weighted by molar-refractivity contribution is 0.461. The Labute approximate surface area is 110 Å². The molecule has 0 aliphatic carbocycles. The number of halogens is 1. The third-order valence-corrected chi connectivity index (χ3v) is 3.82. The normalized spacial score (nSPS) is 10.8. The lowest BCUT2D eigenvalue weighted by Gasteiger charge is -2.07. The Morgan fingerprint density at radius 2 is 2.06 bits per heavy atom. The van der Waals surface area contributed by atoms with Gasteiger partial charge >= 0.3 is 0 Å². The molecular weight excluding hydrogens is 249 g/mol. The van der Waals surface area contributed by atoms with Gasteiger partial charge < -0.3 is 10.4 Å². The van der Waals surface area contributed by atoms with Crippen molar-refractivity contribution in [2.75, 3.05) is 0 Å². The first-order chi connectivity index (χ1) is 8.70. The van der Waals surface area contributed by atoms with Gasteiger partial charge in [-0.1, -0.05) is 6.92 Å². The highest BCUT2D eigenvalue weighted by molar-refractivity contribution is 7.10. The summed E-state index contributed by atoms with van der Waals surface area (Å²) in [5.74, 6) is -0.194. The minimum atomic E-state index is -0.324. The van der Waals surface area contributed by atoms with Gasteiger partial charge in [-0.15, -0.1) is 11.3 Å². The van der Waals surface area contributed by atoms with Crippen LogP contribution in [0.4, 0.5) is 4.39 Å². The predicted molar refractivity (Wildman–Crippen MR) is 72.3 cm³/mol. The molecule has 0 saturated heterocycles. The van der Waals surface area contributed by atoms with Crippen molar-refractivity contribution in [3.05, 3.63) is 51.5 Å². The number of hydrogen-bond acceptors (Lipinski definition) is 3. The van der Waals surface area contributed by atoms with E-state index in [0.717, 1.165) is 13.0 Å². The molecule has 1 aromatic heterocycles. The Kier molecular flexibility index (Phi) is 4.33. The largest absolute Gasteiger partial charge is 0.508 e. The van der Waals surface area contributed by atoms with Crippen LogP contribution in [0.3, 0.4) is 0 Å². The molecule has 0 atom stereocenters. The topological polar surface area (TPSA) is 32.3 Å². The first kappa shape index (κ1) is 13.1. The zero-order valence-corrected chi connectivity index (χ0v) is 11.1. The van der Waals surface area contributed by atoms with Gasteiger partial charge in [0.15, 0.2) is 0 Å². The molecule has 0 spiro atoms. The second kappa shape index (κ2) is 5.98. The summed E-state index contributed by atoms with van der Waals surface area (Å²) >= 11 is 1.72. The standard InChI is InChI=1S/C14H16FNOS/c1-2-10-5-6-18-14(10)9-16-8-11-7-12(15)3-4-13(11)17/h3-7,16-17H,2,8-9H2,1H3. The summed E-state index contributed by atoms with van der Waals surface area (Å²) in [6.45, 7) is 3.34. The van der Waals surface area contributed by atoms with Gasteiger partial charge in [0.1, 0.15) is 11.6 Å². The van der Waals surface area contributed by atoms with Crippen LogP contribution in [0, 0.1) is 5.82 Å². The Hall–Kier alpha value is -1.39. The molecule has 0 amide bonds. The average Bonchev–Trinajstić information content (AvgIpc) is 2.81. The maximum absolute atomic E-state index is 13.0. The fraction of sp³-hybridized carbons (Fsp3) is 0.286. The van der Waals surface area contributed by atoms with Crippen molar-refractivity contribution < 1.29 is 9.50 Å². The number of benzene rings is 1. The first-order valence-electron chi connectivity index (χ1n) is 5.94.